The van der Waals surface area contributed by atoms with E-state index < -0.39 is 5.91 Å². The van der Waals surface area contributed by atoms with E-state index in [-0.39, 0.29) is 29.4 Å². The molecule has 2 rings (SSSR count). The van der Waals surface area contributed by atoms with Crippen LogP contribution < -0.4 is 15.8 Å². The molecular formula is C15H18N6O2. The molecular weight excluding hydrogens is 296 g/mol. The van der Waals surface area contributed by atoms with Gasteiger partial charge in [-0.3, -0.25) is 9.48 Å². The van der Waals surface area contributed by atoms with Crippen molar-refractivity contribution in [3.63, 3.8) is 0 Å². The molecule has 8 heteroatoms. The van der Waals surface area contributed by atoms with Crippen molar-refractivity contribution in [2.24, 2.45) is 7.05 Å². The third kappa shape index (κ3) is 3.58. The zero-order chi connectivity index (χ0) is 17.0. The number of hydrogen-bond donors (Lipinski definition) is 2. The van der Waals surface area contributed by atoms with Crippen LogP contribution in [-0.4, -0.2) is 27.3 Å². The number of nitrogens with two attached hydrogens (primary N) is 1. The standard InChI is InChI=1S/C15H18N6O2/c1-4-23-15-11(7-16)12(17)6-13(19-15)14(22)18-8-10-5-9(2)21(3)20-10/h5-6H,4,8H2,1-3H3,(H2,17,19)(H,18,22). The summed E-state index contributed by atoms with van der Waals surface area (Å²) in [5.41, 5.74) is 7.91. The number of pyridine rings is 1. The van der Waals surface area contributed by atoms with Crippen LogP contribution in [0, 0.1) is 18.3 Å². The molecule has 2 aromatic rings. The third-order valence-electron chi connectivity index (χ3n) is 3.24. The van der Waals surface area contributed by atoms with Gasteiger partial charge in [0, 0.05) is 12.7 Å². The van der Waals surface area contributed by atoms with E-state index in [9.17, 15) is 4.79 Å². The fourth-order valence-corrected chi connectivity index (χ4v) is 1.99. The van der Waals surface area contributed by atoms with Crippen molar-refractivity contribution >= 4 is 11.6 Å². The highest BCUT2D eigenvalue weighted by atomic mass is 16.5. The average molecular weight is 314 g/mol. The fraction of sp³-hybridized carbons (Fsp3) is 0.333. The molecule has 0 spiro atoms. The summed E-state index contributed by atoms with van der Waals surface area (Å²) in [6, 6.07) is 5.17. The topological polar surface area (TPSA) is 119 Å². The van der Waals surface area contributed by atoms with Gasteiger partial charge < -0.3 is 15.8 Å². The van der Waals surface area contributed by atoms with Gasteiger partial charge in [-0.15, -0.1) is 0 Å². The minimum atomic E-state index is -0.412. The highest BCUT2D eigenvalue weighted by Gasteiger charge is 2.16. The number of nitrogen functional groups attached to an aromatic ring is 1. The van der Waals surface area contributed by atoms with Crippen molar-refractivity contribution in [1.82, 2.24) is 20.1 Å². The molecule has 0 saturated carbocycles. The highest BCUT2D eigenvalue weighted by molar-refractivity contribution is 5.93. The first-order chi connectivity index (χ1) is 11.0. The number of carbonyl (C=O) groups is 1. The molecule has 1 amide bonds. The third-order valence-corrected chi connectivity index (χ3v) is 3.24. The predicted molar refractivity (Wildman–Crippen MR) is 83.6 cm³/mol. The van der Waals surface area contributed by atoms with Crippen LogP contribution in [-0.2, 0) is 13.6 Å². The molecule has 0 bridgehead atoms. The Labute approximate surface area is 133 Å². The number of carbonyl (C=O) groups excluding carboxylic acids is 1. The molecule has 120 valence electrons. The van der Waals surface area contributed by atoms with Crippen molar-refractivity contribution in [2.45, 2.75) is 20.4 Å². The Balaban J connectivity index is 2.17. The minimum absolute atomic E-state index is 0.0637. The molecule has 0 aliphatic carbocycles. The van der Waals surface area contributed by atoms with Gasteiger partial charge in [0.15, 0.2) is 0 Å². The molecule has 2 heterocycles. The molecule has 23 heavy (non-hydrogen) atoms. The number of hydrogen-bond acceptors (Lipinski definition) is 6. The lowest BCUT2D eigenvalue weighted by Gasteiger charge is -2.09. The van der Waals surface area contributed by atoms with Crippen LogP contribution in [0.3, 0.4) is 0 Å². The van der Waals surface area contributed by atoms with Crippen LogP contribution in [0.25, 0.3) is 0 Å². The number of rotatable bonds is 5. The molecule has 0 aliphatic heterocycles. The Morgan fingerprint density at radius 3 is 2.83 bits per heavy atom. The summed E-state index contributed by atoms with van der Waals surface area (Å²) in [6.45, 7) is 4.27. The number of amides is 1. The summed E-state index contributed by atoms with van der Waals surface area (Å²) in [7, 11) is 1.83. The van der Waals surface area contributed by atoms with Crippen LogP contribution in [0.15, 0.2) is 12.1 Å². The van der Waals surface area contributed by atoms with E-state index in [1.807, 2.05) is 26.1 Å². The van der Waals surface area contributed by atoms with Gasteiger partial charge in [0.1, 0.15) is 17.3 Å². The summed E-state index contributed by atoms with van der Waals surface area (Å²) in [4.78, 5) is 16.3. The number of aromatic nitrogens is 3. The van der Waals surface area contributed by atoms with Gasteiger partial charge in [-0.1, -0.05) is 0 Å². The lowest BCUT2D eigenvalue weighted by molar-refractivity contribution is 0.0944. The number of nitrogens with one attached hydrogen (secondary N) is 1. The first kappa shape index (κ1) is 16.3. The van der Waals surface area contributed by atoms with Gasteiger partial charge in [-0.05, 0) is 26.0 Å². The zero-order valence-electron chi connectivity index (χ0n) is 13.3. The number of nitriles is 1. The molecule has 8 nitrogen and oxygen atoms in total. The van der Waals surface area contributed by atoms with Crippen LogP contribution in [0.2, 0.25) is 0 Å². The summed E-state index contributed by atoms with van der Waals surface area (Å²) in [6.07, 6.45) is 0. The van der Waals surface area contributed by atoms with Crippen molar-refractivity contribution < 1.29 is 9.53 Å². The van der Waals surface area contributed by atoms with E-state index in [4.69, 9.17) is 15.7 Å². The normalized spacial score (nSPS) is 10.2. The van der Waals surface area contributed by atoms with Crippen LogP contribution in [0.5, 0.6) is 5.88 Å². The first-order valence-electron chi connectivity index (χ1n) is 7.07. The SMILES string of the molecule is CCOc1nc(C(=O)NCc2cc(C)n(C)n2)cc(N)c1C#N. The molecule has 2 aromatic heterocycles. The van der Waals surface area contributed by atoms with E-state index in [0.29, 0.717) is 6.61 Å². The lowest BCUT2D eigenvalue weighted by atomic mass is 10.2. The summed E-state index contributed by atoms with van der Waals surface area (Å²) >= 11 is 0. The number of anilines is 1. The van der Waals surface area contributed by atoms with Crippen LogP contribution >= 0.6 is 0 Å². The number of nitrogens with zero attached hydrogens (tertiary/aromatic N) is 4. The molecule has 0 aliphatic rings. The average Bonchev–Trinajstić information content (AvgIpc) is 2.83. The quantitative estimate of drug-likeness (QED) is 0.846. The maximum atomic E-state index is 12.2. The fourth-order valence-electron chi connectivity index (χ4n) is 1.99. The molecule has 0 radical (unpaired) electrons. The molecule has 0 atom stereocenters. The van der Waals surface area contributed by atoms with Crippen molar-refractivity contribution in [3.8, 4) is 11.9 Å². The van der Waals surface area contributed by atoms with Crippen LogP contribution in [0.1, 0.15) is 34.4 Å². The van der Waals surface area contributed by atoms with Crippen molar-refractivity contribution in [2.75, 3.05) is 12.3 Å². The molecule has 0 saturated heterocycles. The first-order valence-corrected chi connectivity index (χ1v) is 7.07. The monoisotopic (exact) mass is 314 g/mol. The van der Waals surface area contributed by atoms with Gasteiger partial charge in [0.25, 0.3) is 5.91 Å². The predicted octanol–water partition coefficient (Wildman–Crippen LogP) is 0.906. The molecule has 0 unspecified atom stereocenters. The Bertz CT molecular complexity index is 756. The summed E-state index contributed by atoms with van der Waals surface area (Å²) < 4.78 is 7.00. The van der Waals surface area contributed by atoms with Gasteiger partial charge in [-0.2, -0.15) is 10.4 Å². The molecule has 0 fully saturated rings. The zero-order valence-corrected chi connectivity index (χ0v) is 13.3. The minimum Gasteiger partial charge on any atom is -0.477 e. The van der Waals surface area contributed by atoms with Gasteiger partial charge in [0.05, 0.1) is 24.5 Å². The smallest absolute Gasteiger partial charge is 0.270 e. The van der Waals surface area contributed by atoms with E-state index in [1.165, 1.54) is 6.07 Å². The molecule has 3 N–H and O–H groups in total. The van der Waals surface area contributed by atoms with E-state index in [0.717, 1.165) is 11.4 Å². The van der Waals surface area contributed by atoms with Crippen molar-refractivity contribution in [3.05, 3.63) is 34.8 Å². The Morgan fingerprint density at radius 2 is 2.26 bits per heavy atom. The van der Waals surface area contributed by atoms with Gasteiger partial charge in [-0.25, -0.2) is 4.98 Å². The van der Waals surface area contributed by atoms with E-state index in [1.54, 1.807) is 11.6 Å². The highest BCUT2D eigenvalue weighted by Crippen LogP contribution is 2.22. The van der Waals surface area contributed by atoms with Crippen LogP contribution in [0.4, 0.5) is 5.69 Å². The Morgan fingerprint density at radius 1 is 1.52 bits per heavy atom. The summed E-state index contributed by atoms with van der Waals surface area (Å²) in [5.74, 6) is -0.348. The second-order valence-corrected chi connectivity index (χ2v) is 4.91. The van der Waals surface area contributed by atoms with E-state index in [2.05, 4.69) is 15.4 Å². The Kier molecular flexibility index (Phi) is 4.81. The second-order valence-electron chi connectivity index (χ2n) is 4.91. The summed E-state index contributed by atoms with van der Waals surface area (Å²) in [5, 5.41) is 16.0. The van der Waals surface area contributed by atoms with Crippen molar-refractivity contribution in [1.29, 1.82) is 5.26 Å². The number of aryl methyl sites for hydroxylation is 2. The number of ether oxygens (including phenoxy) is 1. The van der Waals surface area contributed by atoms with Gasteiger partial charge in [0.2, 0.25) is 5.88 Å². The Hall–Kier alpha value is -3.08. The second kappa shape index (κ2) is 6.79. The lowest BCUT2D eigenvalue weighted by Crippen LogP contribution is -2.24. The largest absolute Gasteiger partial charge is 0.477 e. The maximum Gasteiger partial charge on any atom is 0.270 e. The molecule has 0 aromatic carbocycles. The van der Waals surface area contributed by atoms with Gasteiger partial charge >= 0.3 is 0 Å². The maximum absolute atomic E-state index is 12.2. The van der Waals surface area contributed by atoms with E-state index >= 15 is 0 Å².